The number of benzene rings is 2. The maximum atomic E-state index is 12.8. The number of amides is 2. The first-order valence-corrected chi connectivity index (χ1v) is 8.27. The molecule has 3 rings (SSSR count). The van der Waals surface area contributed by atoms with E-state index >= 15 is 0 Å². The highest BCUT2D eigenvalue weighted by atomic mass is 16.2. The number of aromatic nitrogens is 1. The highest BCUT2D eigenvalue weighted by Gasteiger charge is 2.22. The number of nitrogens with zero attached hydrogens (tertiary/aromatic N) is 3. The van der Waals surface area contributed by atoms with Gasteiger partial charge in [0.1, 0.15) is 6.54 Å². The Labute approximate surface area is 151 Å². The van der Waals surface area contributed by atoms with E-state index in [9.17, 15) is 9.59 Å². The fraction of sp³-hybridized carbons (Fsp3) is 0.150. The summed E-state index contributed by atoms with van der Waals surface area (Å²) in [6, 6.07) is 18.4. The Hall–Kier alpha value is -3.25. The third kappa shape index (κ3) is 3.55. The van der Waals surface area contributed by atoms with Crippen molar-refractivity contribution in [2.75, 3.05) is 29.9 Å². The van der Waals surface area contributed by atoms with Crippen LogP contribution in [0.25, 0.3) is 10.9 Å². The van der Waals surface area contributed by atoms with Crippen LogP contribution in [0.4, 0.5) is 11.4 Å². The van der Waals surface area contributed by atoms with Crippen LogP contribution in [0, 0.1) is 0 Å². The SMILES string of the molecule is CN(C(=O)CN(C(=O)CN)c1cccc2ncccc12)c1ccccc1. The van der Waals surface area contributed by atoms with Crippen molar-refractivity contribution in [2.45, 2.75) is 0 Å². The zero-order valence-corrected chi connectivity index (χ0v) is 14.5. The number of hydrogen-bond acceptors (Lipinski definition) is 4. The lowest BCUT2D eigenvalue weighted by Crippen LogP contribution is -2.44. The van der Waals surface area contributed by atoms with Gasteiger partial charge in [-0.25, -0.2) is 0 Å². The molecular weight excluding hydrogens is 328 g/mol. The lowest BCUT2D eigenvalue weighted by atomic mass is 10.1. The molecule has 0 aliphatic rings. The molecule has 3 aromatic rings. The summed E-state index contributed by atoms with van der Waals surface area (Å²) in [5.74, 6) is -0.532. The van der Waals surface area contributed by atoms with Gasteiger partial charge < -0.3 is 15.5 Å². The fourth-order valence-corrected chi connectivity index (χ4v) is 2.78. The normalized spacial score (nSPS) is 10.5. The van der Waals surface area contributed by atoms with Gasteiger partial charge in [0.25, 0.3) is 0 Å². The van der Waals surface area contributed by atoms with E-state index in [0.29, 0.717) is 5.69 Å². The molecule has 0 fully saturated rings. The quantitative estimate of drug-likeness (QED) is 0.766. The minimum absolute atomic E-state index is 0.102. The minimum Gasteiger partial charge on any atom is -0.322 e. The summed E-state index contributed by atoms with van der Waals surface area (Å²) in [5.41, 5.74) is 7.73. The number of carbonyl (C=O) groups is 2. The number of pyridine rings is 1. The van der Waals surface area contributed by atoms with Gasteiger partial charge in [-0.05, 0) is 36.4 Å². The van der Waals surface area contributed by atoms with E-state index in [1.54, 1.807) is 25.4 Å². The first kappa shape index (κ1) is 17.6. The molecule has 0 aliphatic carbocycles. The summed E-state index contributed by atoms with van der Waals surface area (Å²) >= 11 is 0. The second kappa shape index (κ2) is 7.76. The van der Waals surface area contributed by atoms with Crippen LogP contribution in [0.1, 0.15) is 0 Å². The molecule has 0 radical (unpaired) electrons. The van der Waals surface area contributed by atoms with Crippen LogP contribution >= 0.6 is 0 Å². The van der Waals surface area contributed by atoms with Gasteiger partial charge in [-0.15, -0.1) is 0 Å². The summed E-state index contributed by atoms with van der Waals surface area (Å²) < 4.78 is 0. The van der Waals surface area contributed by atoms with Crippen molar-refractivity contribution in [2.24, 2.45) is 5.73 Å². The number of likely N-dealkylation sites (N-methyl/N-ethyl adjacent to an activating group) is 1. The molecule has 6 nitrogen and oxygen atoms in total. The number of para-hydroxylation sites is 1. The average Bonchev–Trinajstić information content (AvgIpc) is 2.71. The predicted octanol–water partition coefficient (Wildman–Crippen LogP) is 2.19. The smallest absolute Gasteiger partial charge is 0.246 e. The second-order valence-corrected chi connectivity index (χ2v) is 5.82. The van der Waals surface area contributed by atoms with E-state index in [1.165, 1.54) is 9.80 Å². The van der Waals surface area contributed by atoms with Crippen molar-refractivity contribution in [3.05, 3.63) is 66.9 Å². The van der Waals surface area contributed by atoms with Gasteiger partial charge in [-0.1, -0.05) is 24.3 Å². The number of nitrogens with two attached hydrogens (primary N) is 1. The molecule has 0 bridgehead atoms. The Bertz CT molecular complexity index is 922. The Morgan fingerprint density at radius 1 is 0.962 bits per heavy atom. The van der Waals surface area contributed by atoms with Gasteiger partial charge in [-0.3, -0.25) is 14.6 Å². The molecule has 6 heteroatoms. The van der Waals surface area contributed by atoms with E-state index < -0.39 is 0 Å². The van der Waals surface area contributed by atoms with E-state index in [1.807, 2.05) is 48.5 Å². The zero-order chi connectivity index (χ0) is 18.5. The maximum Gasteiger partial charge on any atom is 0.246 e. The molecule has 26 heavy (non-hydrogen) atoms. The number of anilines is 2. The van der Waals surface area contributed by atoms with Crippen molar-refractivity contribution in [3.8, 4) is 0 Å². The third-order valence-corrected chi connectivity index (χ3v) is 4.20. The molecule has 0 saturated carbocycles. The average molecular weight is 348 g/mol. The Morgan fingerprint density at radius 3 is 2.46 bits per heavy atom. The third-order valence-electron chi connectivity index (χ3n) is 4.20. The lowest BCUT2D eigenvalue weighted by Gasteiger charge is -2.26. The molecule has 2 aromatic carbocycles. The second-order valence-electron chi connectivity index (χ2n) is 5.82. The summed E-state index contributed by atoms with van der Waals surface area (Å²) in [5, 5.41) is 0.798. The molecular formula is C20H20N4O2. The molecule has 132 valence electrons. The summed E-state index contributed by atoms with van der Waals surface area (Å²) in [4.78, 5) is 32.5. The van der Waals surface area contributed by atoms with Gasteiger partial charge >= 0.3 is 0 Å². The molecule has 2 amide bonds. The van der Waals surface area contributed by atoms with Crippen LogP contribution in [0.2, 0.25) is 0 Å². The standard InChI is InChI=1S/C20H20N4O2/c1-23(15-7-3-2-4-8-15)20(26)14-24(19(25)13-21)18-11-5-10-17-16(18)9-6-12-22-17/h2-12H,13-14,21H2,1H3. The number of hydrogen-bond donors (Lipinski definition) is 1. The van der Waals surface area contributed by atoms with Gasteiger partial charge in [0, 0.05) is 24.3 Å². The number of carbonyl (C=O) groups excluding carboxylic acids is 2. The van der Waals surface area contributed by atoms with Crippen molar-refractivity contribution >= 4 is 34.1 Å². The van der Waals surface area contributed by atoms with Gasteiger partial charge in [0.2, 0.25) is 11.8 Å². The van der Waals surface area contributed by atoms with Crippen LogP contribution < -0.4 is 15.5 Å². The molecule has 0 spiro atoms. The summed E-state index contributed by atoms with van der Waals surface area (Å²) in [6.07, 6.45) is 1.69. The van der Waals surface area contributed by atoms with Gasteiger partial charge in [0.15, 0.2) is 0 Å². The van der Waals surface area contributed by atoms with Crippen molar-refractivity contribution in [1.82, 2.24) is 4.98 Å². The summed E-state index contributed by atoms with van der Waals surface area (Å²) in [7, 11) is 1.69. The number of fused-ring (bicyclic) bond motifs is 1. The highest BCUT2D eigenvalue weighted by Crippen LogP contribution is 2.26. The van der Waals surface area contributed by atoms with Crippen molar-refractivity contribution in [1.29, 1.82) is 0 Å². The monoisotopic (exact) mass is 348 g/mol. The van der Waals surface area contributed by atoms with E-state index in [2.05, 4.69) is 4.98 Å². The Kier molecular flexibility index (Phi) is 5.24. The maximum absolute atomic E-state index is 12.8. The fourth-order valence-electron chi connectivity index (χ4n) is 2.78. The van der Waals surface area contributed by atoms with E-state index in [4.69, 9.17) is 5.73 Å². The molecule has 0 aliphatic heterocycles. The molecule has 0 atom stereocenters. The minimum atomic E-state index is -0.323. The highest BCUT2D eigenvalue weighted by molar-refractivity contribution is 6.08. The number of rotatable bonds is 5. The largest absolute Gasteiger partial charge is 0.322 e. The predicted molar refractivity (Wildman–Crippen MR) is 103 cm³/mol. The van der Waals surface area contributed by atoms with Crippen molar-refractivity contribution < 1.29 is 9.59 Å². The molecule has 1 heterocycles. The Balaban J connectivity index is 1.94. The van der Waals surface area contributed by atoms with Gasteiger partial charge in [0.05, 0.1) is 17.7 Å². The lowest BCUT2D eigenvalue weighted by molar-refractivity contribution is -0.121. The van der Waals surface area contributed by atoms with Crippen LogP contribution in [0.15, 0.2) is 66.9 Å². The van der Waals surface area contributed by atoms with Crippen LogP contribution in [-0.2, 0) is 9.59 Å². The topological polar surface area (TPSA) is 79.5 Å². The molecule has 0 unspecified atom stereocenters. The zero-order valence-electron chi connectivity index (χ0n) is 14.5. The van der Waals surface area contributed by atoms with E-state index in [-0.39, 0.29) is 24.9 Å². The first-order chi connectivity index (χ1) is 12.6. The van der Waals surface area contributed by atoms with E-state index in [0.717, 1.165) is 16.6 Å². The molecule has 2 N–H and O–H groups in total. The Morgan fingerprint density at radius 2 is 1.73 bits per heavy atom. The van der Waals surface area contributed by atoms with Gasteiger partial charge in [-0.2, -0.15) is 0 Å². The molecule has 0 saturated heterocycles. The van der Waals surface area contributed by atoms with Crippen molar-refractivity contribution in [3.63, 3.8) is 0 Å². The van der Waals surface area contributed by atoms with Crippen LogP contribution in [0.5, 0.6) is 0 Å². The molecule has 1 aromatic heterocycles. The van der Waals surface area contributed by atoms with Crippen LogP contribution in [-0.4, -0.2) is 36.9 Å². The first-order valence-electron chi connectivity index (χ1n) is 8.27. The summed E-state index contributed by atoms with van der Waals surface area (Å²) in [6.45, 7) is -0.283. The van der Waals surface area contributed by atoms with Crippen LogP contribution in [0.3, 0.4) is 0 Å².